The molecule has 2 fully saturated rings. The highest BCUT2D eigenvalue weighted by Crippen LogP contribution is 2.50. The van der Waals surface area contributed by atoms with Crippen LogP contribution in [0.25, 0.3) is 0 Å². The molecule has 2 rings (SSSR count). The van der Waals surface area contributed by atoms with Crippen molar-refractivity contribution in [3.05, 3.63) is 0 Å². The molecule has 8 unspecified atom stereocenters. The van der Waals surface area contributed by atoms with Gasteiger partial charge in [-0.25, -0.2) is 0 Å². The highest BCUT2D eigenvalue weighted by Gasteiger charge is 2.46. The molecule has 2 aliphatic carbocycles. The molecule has 2 saturated carbocycles. The maximum atomic E-state index is 11.6. The lowest BCUT2D eigenvalue weighted by atomic mass is 9.58. The van der Waals surface area contributed by atoms with E-state index in [9.17, 15) is 19.8 Å². The summed E-state index contributed by atoms with van der Waals surface area (Å²) < 4.78 is 5.72. The van der Waals surface area contributed by atoms with Crippen molar-refractivity contribution in [2.45, 2.75) is 90.4 Å². The Morgan fingerprint density at radius 2 is 1.81 bits per heavy atom. The Balaban J connectivity index is 1.99. The molecule has 8 atom stereocenters. The Labute approximate surface area is 162 Å². The van der Waals surface area contributed by atoms with Crippen LogP contribution in [0.2, 0.25) is 0 Å². The van der Waals surface area contributed by atoms with Crippen LogP contribution in [0.5, 0.6) is 0 Å². The van der Waals surface area contributed by atoms with Crippen LogP contribution in [0.1, 0.15) is 72.1 Å². The number of aliphatic hydroxyl groups is 2. The predicted molar refractivity (Wildman–Crippen MR) is 101 cm³/mol. The van der Waals surface area contributed by atoms with Gasteiger partial charge >= 0.3 is 11.9 Å². The van der Waals surface area contributed by atoms with E-state index in [2.05, 4.69) is 13.8 Å². The van der Waals surface area contributed by atoms with Gasteiger partial charge in [0.2, 0.25) is 0 Å². The summed E-state index contributed by atoms with van der Waals surface area (Å²) in [6.45, 7) is 5.95. The number of hydrogen-bond donors (Lipinski definition) is 3. The van der Waals surface area contributed by atoms with E-state index in [4.69, 9.17) is 9.84 Å². The molecule has 0 spiro atoms. The molecular formula is C21H36O6. The van der Waals surface area contributed by atoms with E-state index in [1.807, 2.05) is 0 Å². The molecule has 0 bridgehead atoms. The SMILES string of the molecule is CC(=O)OC1CC(C)CC2CCC(C)C(CCC(O)CC(O)CC(=O)O)C21. The van der Waals surface area contributed by atoms with E-state index < -0.39 is 18.2 Å². The van der Waals surface area contributed by atoms with Crippen molar-refractivity contribution < 1.29 is 29.6 Å². The summed E-state index contributed by atoms with van der Waals surface area (Å²) in [6.07, 6.45) is 3.74. The van der Waals surface area contributed by atoms with Crippen molar-refractivity contribution in [3.8, 4) is 0 Å². The van der Waals surface area contributed by atoms with E-state index in [-0.39, 0.29) is 24.9 Å². The lowest BCUT2D eigenvalue weighted by Crippen LogP contribution is -2.47. The van der Waals surface area contributed by atoms with Crippen molar-refractivity contribution in [1.82, 2.24) is 0 Å². The number of fused-ring (bicyclic) bond motifs is 1. The minimum atomic E-state index is -1.06. The number of carboxylic acid groups (broad SMARTS) is 1. The molecule has 6 heteroatoms. The Morgan fingerprint density at radius 1 is 1.11 bits per heavy atom. The number of carbonyl (C=O) groups excluding carboxylic acids is 1. The van der Waals surface area contributed by atoms with Crippen LogP contribution in [0, 0.1) is 29.6 Å². The second-order valence-corrected chi connectivity index (χ2v) is 9.00. The Hall–Kier alpha value is -1.14. The van der Waals surface area contributed by atoms with E-state index in [0.29, 0.717) is 36.0 Å². The van der Waals surface area contributed by atoms with Crippen molar-refractivity contribution in [2.24, 2.45) is 29.6 Å². The third kappa shape index (κ3) is 6.46. The Morgan fingerprint density at radius 3 is 2.44 bits per heavy atom. The topological polar surface area (TPSA) is 104 Å². The minimum absolute atomic E-state index is 0.0428. The molecular weight excluding hydrogens is 348 g/mol. The van der Waals surface area contributed by atoms with Crippen molar-refractivity contribution in [3.63, 3.8) is 0 Å². The van der Waals surface area contributed by atoms with Crippen LogP contribution in [0.4, 0.5) is 0 Å². The quantitative estimate of drug-likeness (QED) is 0.556. The molecule has 0 aromatic carbocycles. The van der Waals surface area contributed by atoms with Crippen molar-refractivity contribution in [2.75, 3.05) is 0 Å². The number of rotatable bonds is 8. The van der Waals surface area contributed by atoms with Crippen LogP contribution in [0.15, 0.2) is 0 Å². The molecule has 0 saturated heterocycles. The lowest BCUT2D eigenvalue weighted by molar-refractivity contribution is -0.160. The maximum Gasteiger partial charge on any atom is 0.305 e. The molecule has 0 aliphatic heterocycles. The van der Waals surface area contributed by atoms with E-state index in [1.165, 1.54) is 19.8 Å². The van der Waals surface area contributed by atoms with E-state index >= 15 is 0 Å². The fourth-order valence-electron chi connectivity index (χ4n) is 5.55. The third-order valence-corrected chi connectivity index (χ3v) is 6.64. The summed E-state index contributed by atoms with van der Waals surface area (Å²) in [7, 11) is 0. The minimum Gasteiger partial charge on any atom is -0.481 e. The predicted octanol–water partition coefficient (Wildman–Crippen LogP) is 2.99. The second kappa shape index (κ2) is 9.87. The molecule has 0 radical (unpaired) electrons. The lowest BCUT2D eigenvalue weighted by Gasteiger charge is -2.50. The molecule has 6 nitrogen and oxygen atoms in total. The number of aliphatic hydroxyl groups excluding tert-OH is 2. The smallest absolute Gasteiger partial charge is 0.305 e. The van der Waals surface area contributed by atoms with E-state index in [0.717, 1.165) is 19.3 Å². The highest BCUT2D eigenvalue weighted by molar-refractivity contribution is 5.67. The summed E-state index contributed by atoms with van der Waals surface area (Å²) in [5.41, 5.74) is 0. The largest absolute Gasteiger partial charge is 0.481 e. The van der Waals surface area contributed by atoms with Gasteiger partial charge < -0.3 is 20.1 Å². The van der Waals surface area contributed by atoms with Crippen LogP contribution in [0.3, 0.4) is 0 Å². The molecule has 156 valence electrons. The van der Waals surface area contributed by atoms with Gasteiger partial charge in [0.25, 0.3) is 0 Å². The van der Waals surface area contributed by atoms with Gasteiger partial charge in [-0.1, -0.05) is 20.3 Å². The number of aliphatic carboxylic acids is 1. The molecule has 0 heterocycles. The Kier molecular flexibility index (Phi) is 8.10. The fraction of sp³-hybridized carbons (Fsp3) is 0.905. The van der Waals surface area contributed by atoms with Crippen molar-refractivity contribution >= 4 is 11.9 Å². The molecule has 3 N–H and O–H groups in total. The summed E-state index contributed by atoms with van der Waals surface area (Å²) in [5, 5.41) is 28.7. The fourth-order valence-corrected chi connectivity index (χ4v) is 5.55. The first kappa shape index (κ1) is 22.2. The first-order valence-electron chi connectivity index (χ1n) is 10.4. The zero-order valence-electron chi connectivity index (χ0n) is 16.8. The normalized spacial score (nSPS) is 35.7. The van der Waals surface area contributed by atoms with Gasteiger partial charge in [0.05, 0.1) is 18.6 Å². The monoisotopic (exact) mass is 384 g/mol. The molecule has 2 aliphatic rings. The van der Waals surface area contributed by atoms with Gasteiger partial charge in [-0.3, -0.25) is 9.59 Å². The van der Waals surface area contributed by atoms with Gasteiger partial charge in [-0.2, -0.15) is 0 Å². The highest BCUT2D eigenvalue weighted by atomic mass is 16.5. The summed E-state index contributed by atoms with van der Waals surface area (Å²) in [4.78, 5) is 22.3. The summed E-state index contributed by atoms with van der Waals surface area (Å²) >= 11 is 0. The van der Waals surface area contributed by atoms with Gasteiger partial charge in [0, 0.05) is 12.8 Å². The van der Waals surface area contributed by atoms with Crippen LogP contribution < -0.4 is 0 Å². The molecule has 0 amide bonds. The number of ether oxygens (including phenoxy) is 1. The van der Waals surface area contributed by atoms with Gasteiger partial charge in [0.15, 0.2) is 0 Å². The standard InChI is InChI=1S/C21H36O6/c1-12-8-15-5-4-13(2)18(21(15)19(9-12)27-14(3)22)7-6-16(23)10-17(24)11-20(25)26/h12-13,15-19,21,23-24H,4-11H2,1-3H3,(H,25,26). The van der Waals surface area contributed by atoms with Gasteiger partial charge in [-0.05, 0) is 62.2 Å². The maximum absolute atomic E-state index is 11.6. The van der Waals surface area contributed by atoms with Gasteiger partial charge in [-0.15, -0.1) is 0 Å². The second-order valence-electron chi connectivity index (χ2n) is 9.00. The molecule has 0 aromatic heterocycles. The molecule has 0 aromatic rings. The van der Waals surface area contributed by atoms with Crippen LogP contribution in [-0.4, -0.2) is 45.6 Å². The third-order valence-electron chi connectivity index (χ3n) is 6.64. The van der Waals surface area contributed by atoms with Crippen LogP contribution >= 0.6 is 0 Å². The number of carboxylic acids is 1. The number of hydrogen-bond acceptors (Lipinski definition) is 5. The average molecular weight is 385 g/mol. The Bertz CT molecular complexity index is 507. The first-order chi connectivity index (χ1) is 12.7. The number of esters is 1. The average Bonchev–Trinajstić information content (AvgIpc) is 2.52. The zero-order valence-corrected chi connectivity index (χ0v) is 16.8. The summed E-state index contributed by atoms with van der Waals surface area (Å²) in [5.74, 6) is 1.07. The first-order valence-corrected chi connectivity index (χ1v) is 10.4. The number of carbonyl (C=O) groups is 2. The zero-order chi connectivity index (χ0) is 20.1. The van der Waals surface area contributed by atoms with E-state index in [1.54, 1.807) is 0 Å². The summed E-state index contributed by atoms with van der Waals surface area (Å²) in [6, 6.07) is 0. The molecule has 27 heavy (non-hydrogen) atoms. The van der Waals surface area contributed by atoms with Crippen LogP contribution in [-0.2, 0) is 14.3 Å². The van der Waals surface area contributed by atoms with Crippen molar-refractivity contribution in [1.29, 1.82) is 0 Å². The van der Waals surface area contributed by atoms with Gasteiger partial charge in [0.1, 0.15) is 6.10 Å².